The number of aromatic nitrogens is 5. The van der Waals surface area contributed by atoms with Crippen LogP contribution >= 0.6 is 0 Å². The van der Waals surface area contributed by atoms with Crippen molar-refractivity contribution in [2.24, 2.45) is 11.3 Å². The van der Waals surface area contributed by atoms with E-state index in [2.05, 4.69) is 57.1 Å². The van der Waals surface area contributed by atoms with Crippen LogP contribution in [0.15, 0.2) is 42.7 Å². The average molecular weight is 896 g/mol. The van der Waals surface area contributed by atoms with Gasteiger partial charge in [0.05, 0.1) is 54.9 Å². The van der Waals surface area contributed by atoms with Crippen molar-refractivity contribution < 1.29 is 28.7 Å². The number of nitrogens with zero attached hydrogens (tertiary/aromatic N) is 5. The van der Waals surface area contributed by atoms with Crippen LogP contribution in [-0.2, 0) is 44.7 Å². The van der Waals surface area contributed by atoms with E-state index in [1.54, 1.807) is 6.92 Å². The molecule has 3 fully saturated rings. The summed E-state index contributed by atoms with van der Waals surface area (Å²) in [6, 6.07) is 9.14. The highest BCUT2D eigenvalue weighted by Crippen LogP contribution is 2.53. The summed E-state index contributed by atoms with van der Waals surface area (Å²) in [6.45, 7) is 6.74. The molecule has 4 amide bonds. The number of amides is 4. The lowest BCUT2D eigenvalue weighted by Crippen LogP contribution is -2.51. The van der Waals surface area contributed by atoms with Crippen molar-refractivity contribution >= 4 is 35.0 Å². The number of fused-ring (bicyclic) bond motifs is 3. The number of benzene rings is 2. The Balaban J connectivity index is 0.947. The highest BCUT2D eigenvalue weighted by Gasteiger charge is 2.43. The smallest absolute Gasteiger partial charge is 0.407 e. The monoisotopic (exact) mass is 895 g/mol. The molecule has 5 aliphatic rings. The van der Waals surface area contributed by atoms with Gasteiger partial charge in [0.2, 0.25) is 11.8 Å². The number of carbonyl (C=O) groups is 4. The number of rotatable bonds is 10. The second-order valence-corrected chi connectivity index (χ2v) is 19.6. The van der Waals surface area contributed by atoms with Crippen LogP contribution in [0.25, 0.3) is 44.7 Å². The maximum atomic E-state index is 13.8. The molecule has 2 saturated heterocycles. The zero-order valence-corrected chi connectivity index (χ0v) is 38.7. The predicted molar refractivity (Wildman–Crippen MR) is 249 cm³/mol. The number of pyridine rings is 1. The van der Waals surface area contributed by atoms with E-state index in [-0.39, 0.29) is 35.2 Å². The van der Waals surface area contributed by atoms with Crippen molar-refractivity contribution in [3.8, 4) is 33.6 Å². The summed E-state index contributed by atoms with van der Waals surface area (Å²) in [7, 11) is 2.60. The molecule has 3 aromatic heterocycles. The van der Waals surface area contributed by atoms with Crippen molar-refractivity contribution in [3.05, 3.63) is 76.6 Å². The Morgan fingerprint density at radius 1 is 0.712 bits per heavy atom. The van der Waals surface area contributed by atoms with E-state index in [9.17, 15) is 19.2 Å². The molecular formula is C51H61N9O6. The van der Waals surface area contributed by atoms with Crippen LogP contribution in [0, 0.1) is 11.3 Å². The van der Waals surface area contributed by atoms with Gasteiger partial charge < -0.3 is 39.9 Å². The zero-order chi connectivity index (χ0) is 45.9. The zero-order valence-electron chi connectivity index (χ0n) is 38.7. The molecule has 4 N–H and O–H groups in total. The van der Waals surface area contributed by atoms with E-state index < -0.39 is 24.3 Å². The van der Waals surface area contributed by atoms with Gasteiger partial charge in [-0.1, -0.05) is 44.9 Å². The van der Waals surface area contributed by atoms with Gasteiger partial charge in [0, 0.05) is 36.0 Å². The third-order valence-electron chi connectivity index (χ3n) is 15.3. The molecule has 5 aromatic rings. The third kappa shape index (κ3) is 7.77. The Kier molecular flexibility index (Phi) is 11.6. The molecule has 10 rings (SSSR count). The van der Waals surface area contributed by atoms with Crippen LogP contribution in [-0.4, -0.2) is 98.1 Å². The van der Waals surface area contributed by atoms with E-state index in [4.69, 9.17) is 24.4 Å². The first-order chi connectivity index (χ1) is 32.0. The molecule has 3 aliphatic carbocycles. The van der Waals surface area contributed by atoms with Crippen molar-refractivity contribution in [2.75, 3.05) is 27.3 Å². The molecule has 0 bridgehead atoms. The molecule has 0 unspecified atom stereocenters. The van der Waals surface area contributed by atoms with Gasteiger partial charge in [0.25, 0.3) is 0 Å². The Morgan fingerprint density at radius 2 is 1.38 bits per heavy atom. The number of nitrogens with one attached hydrogen (secondary N) is 4. The summed E-state index contributed by atoms with van der Waals surface area (Å²) in [4.78, 5) is 77.4. The van der Waals surface area contributed by atoms with Crippen molar-refractivity contribution in [1.29, 1.82) is 0 Å². The van der Waals surface area contributed by atoms with E-state index in [0.717, 1.165) is 103 Å². The van der Waals surface area contributed by atoms with E-state index in [1.165, 1.54) is 73.3 Å². The summed E-state index contributed by atoms with van der Waals surface area (Å²) in [5.74, 6) is 1.14. The van der Waals surface area contributed by atoms with Crippen LogP contribution in [0.2, 0.25) is 0 Å². The Labute approximate surface area is 385 Å². The first-order valence-electron chi connectivity index (χ1n) is 24.0. The number of hydrogen-bond donors (Lipinski definition) is 4. The summed E-state index contributed by atoms with van der Waals surface area (Å²) in [6.07, 6.45) is 16.2. The Bertz CT molecular complexity index is 2720. The fourth-order valence-electron chi connectivity index (χ4n) is 12.0. The summed E-state index contributed by atoms with van der Waals surface area (Å²) in [5, 5.41) is 5.36. The lowest BCUT2D eigenvalue weighted by atomic mass is 9.82. The fourth-order valence-corrected chi connectivity index (χ4v) is 12.0. The number of alkyl carbamates (subject to hydrolysis) is 2. The SMILES string of the molecule is COC(=O)N[C@@H](C)C(=O)N1CCC[C@H]1c1nc2ccc(-c3cnc(-c4ccc(-c5cnc([C@@H]6CCCN6C(=O)[C@@H](NC(=O)OC)C(C)C)[nH]5)c5c4CCC5)c4c3CC3(CCCC3)C4)cc2[nH]1. The predicted octanol–water partition coefficient (Wildman–Crippen LogP) is 8.28. The molecular weight excluding hydrogens is 835 g/mol. The van der Waals surface area contributed by atoms with Gasteiger partial charge in [0.1, 0.15) is 23.7 Å². The molecule has 4 atom stereocenters. The first-order valence-corrected chi connectivity index (χ1v) is 24.0. The highest BCUT2D eigenvalue weighted by molar-refractivity contribution is 5.88. The van der Waals surface area contributed by atoms with Crippen LogP contribution in [0.1, 0.15) is 125 Å². The quantitative estimate of drug-likeness (QED) is 0.107. The molecule has 15 nitrogen and oxygen atoms in total. The van der Waals surface area contributed by atoms with Crippen molar-refractivity contribution in [3.63, 3.8) is 0 Å². The first kappa shape index (κ1) is 43.6. The van der Waals surface area contributed by atoms with Gasteiger partial charge in [-0.05, 0) is 129 Å². The number of aromatic amines is 2. The second kappa shape index (κ2) is 17.5. The molecule has 0 radical (unpaired) electrons. The molecule has 1 saturated carbocycles. The van der Waals surface area contributed by atoms with Crippen molar-refractivity contribution in [1.82, 2.24) is 45.4 Å². The van der Waals surface area contributed by atoms with Gasteiger partial charge in [0.15, 0.2) is 0 Å². The highest BCUT2D eigenvalue weighted by atomic mass is 16.5. The van der Waals surface area contributed by atoms with Gasteiger partial charge in [-0.15, -0.1) is 0 Å². The molecule has 1 spiro atoms. The minimum absolute atomic E-state index is 0.105. The molecule has 5 heterocycles. The number of H-pyrrole nitrogens is 2. The molecule has 66 heavy (non-hydrogen) atoms. The second-order valence-electron chi connectivity index (χ2n) is 19.6. The molecule has 2 aliphatic heterocycles. The Hall–Kier alpha value is -6.25. The maximum Gasteiger partial charge on any atom is 0.407 e. The minimum atomic E-state index is -0.713. The van der Waals surface area contributed by atoms with Crippen LogP contribution in [0.5, 0.6) is 0 Å². The molecule has 15 heteroatoms. The molecule has 346 valence electrons. The van der Waals surface area contributed by atoms with E-state index >= 15 is 0 Å². The average Bonchev–Trinajstić information content (AvgIpc) is 4.18. The van der Waals surface area contributed by atoms with Gasteiger partial charge in [-0.2, -0.15) is 0 Å². The van der Waals surface area contributed by atoms with Crippen LogP contribution in [0.3, 0.4) is 0 Å². The van der Waals surface area contributed by atoms with Gasteiger partial charge >= 0.3 is 12.2 Å². The fraction of sp³-hybridized carbons (Fsp3) is 0.510. The van der Waals surface area contributed by atoms with Crippen LogP contribution in [0.4, 0.5) is 9.59 Å². The summed E-state index contributed by atoms with van der Waals surface area (Å²) < 4.78 is 9.56. The maximum absolute atomic E-state index is 13.8. The third-order valence-corrected chi connectivity index (χ3v) is 15.3. The van der Waals surface area contributed by atoms with E-state index in [0.29, 0.717) is 13.1 Å². The summed E-state index contributed by atoms with van der Waals surface area (Å²) >= 11 is 0. The lowest BCUT2D eigenvalue weighted by molar-refractivity contribution is -0.135. The van der Waals surface area contributed by atoms with Crippen molar-refractivity contribution in [2.45, 2.75) is 128 Å². The standard InChI is InChI=1S/C51H61N9O6/c1-28(2)43(58-50(64)66-5)48(62)60-22-9-13-41(60)45-53-27-40(57-45)33-16-17-34(32-12-8-11-31(32)33)44-36-25-51(19-6-7-20-51)24-35(36)37(26-52-44)30-15-18-38-39(23-30)56-46(55-38)42-14-10-21-59(42)47(61)29(3)54-49(63)65-4/h15-18,23,26-29,41-43H,6-14,19-22,24-25H2,1-5H3,(H,53,57)(H,54,63)(H,55,56)(H,58,64)/t29-,41-,42-,43-/m0/s1. The van der Waals surface area contributed by atoms with Gasteiger partial charge in [-0.25, -0.2) is 19.6 Å². The number of methoxy groups -OCH3 is 2. The molecule has 2 aromatic carbocycles. The Morgan fingerprint density at radius 3 is 2.11 bits per heavy atom. The largest absolute Gasteiger partial charge is 0.453 e. The van der Waals surface area contributed by atoms with E-state index in [1.807, 2.05) is 29.8 Å². The van der Waals surface area contributed by atoms with Gasteiger partial charge in [-0.3, -0.25) is 14.6 Å². The lowest BCUT2D eigenvalue weighted by Gasteiger charge is -2.30. The number of imidazole rings is 2. The normalized spacial score (nSPS) is 20.5. The number of hydrogen-bond acceptors (Lipinski definition) is 9. The summed E-state index contributed by atoms with van der Waals surface area (Å²) in [5.41, 5.74) is 14.3. The van der Waals surface area contributed by atoms with Crippen LogP contribution < -0.4 is 10.6 Å². The number of carbonyl (C=O) groups excluding carboxylic acids is 4. The number of likely N-dealkylation sites (tertiary alicyclic amines) is 2. The topological polar surface area (TPSA) is 188 Å². The minimum Gasteiger partial charge on any atom is -0.453 e. The number of ether oxygens (including phenoxy) is 2.